The summed E-state index contributed by atoms with van der Waals surface area (Å²) in [7, 11) is 3.18. The van der Waals surface area contributed by atoms with Gasteiger partial charge in [-0.15, -0.1) is 0 Å². The Bertz CT molecular complexity index is 605. The summed E-state index contributed by atoms with van der Waals surface area (Å²) in [6, 6.07) is 1.18. The predicted octanol–water partition coefficient (Wildman–Crippen LogP) is 2.27. The first-order chi connectivity index (χ1) is 10.8. The molecule has 23 heavy (non-hydrogen) atoms. The minimum absolute atomic E-state index is 0.0558. The van der Waals surface area contributed by atoms with Crippen LogP contribution in [-0.2, 0) is 6.42 Å². The van der Waals surface area contributed by atoms with Gasteiger partial charge in [0.05, 0.1) is 7.11 Å². The molecule has 0 bridgehead atoms. The topological polar surface area (TPSA) is 51.2 Å². The van der Waals surface area contributed by atoms with Crippen molar-refractivity contribution in [2.75, 3.05) is 27.5 Å². The lowest BCUT2D eigenvalue weighted by Crippen LogP contribution is -2.38. The normalized spacial score (nSPS) is 21.9. The lowest BCUT2D eigenvalue weighted by Gasteiger charge is -2.37. The Hall–Kier alpha value is -1.67. The van der Waals surface area contributed by atoms with Gasteiger partial charge in [-0.05, 0) is 25.1 Å². The second-order valence-electron chi connectivity index (χ2n) is 5.76. The number of ether oxygens (including phenoxy) is 3. The number of aliphatic hydroxyl groups excluding tert-OH is 1. The minimum atomic E-state index is -4.65. The van der Waals surface area contributed by atoms with Crippen molar-refractivity contribution in [2.24, 2.45) is 0 Å². The van der Waals surface area contributed by atoms with Gasteiger partial charge in [0.15, 0.2) is 17.6 Å². The molecule has 0 spiro atoms. The number of methoxy groups -OCH3 is 1. The van der Waals surface area contributed by atoms with Gasteiger partial charge in [-0.3, -0.25) is 4.90 Å². The smallest absolute Gasteiger partial charge is 0.414 e. The van der Waals surface area contributed by atoms with E-state index in [-0.39, 0.29) is 6.79 Å². The zero-order valence-electron chi connectivity index (χ0n) is 12.8. The lowest BCUT2D eigenvalue weighted by molar-refractivity contribution is -0.209. The van der Waals surface area contributed by atoms with Crippen LogP contribution in [0.3, 0.4) is 0 Å². The molecule has 0 aromatic heterocycles. The van der Waals surface area contributed by atoms with Gasteiger partial charge in [-0.25, -0.2) is 0 Å². The fourth-order valence-electron chi connectivity index (χ4n) is 3.17. The van der Waals surface area contributed by atoms with Crippen LogP contribution in [0.1, 0.15) is 23.6 Å². The minimum Gasteiger partial charge on any atom is -0.492 e. The van der Waals surface area contributed by atoms with Crippen LogP contribution < -0.4 is 14.2 Å². The molecule has 5 nitrogen and oxygen atoms in total. The summed E-state index contributed by atoms with van der Waals surface area (Å²) in [5, 5.41) is 9.49. The van der Waals surface area contributed by atoms with E-state index in [0.29, 0.717) is 35.8 Å². The maximum atomic E-state index is 12.8. The number of nitrogens with zero attached hydrogens (tertiary/aromatic N) is 1. The van der Waals surface area contributed by atoms with Crippen LogP contribution >= 0.6 is 0 Å². The van der Waals surface area contributed by atoms with Crippen LogP contribution in [0.25, 0.3) is 0 Å². The largest absolute Gasteiger partial charge is 0.492 e. The molecule has 1 aromatic carbocycles. The average Bonchev–Trinajstić information content (AvgIpc) is 2.94. The highest BCUT2D eigenvalue weighted by molar-refractivity contribution is 5.61. The van der Waals surface area contributed by atoms with Gasteiger partial charge in [-0.2, -0.15) is 13.2 Å². The van der Waals surface area contributed by atoms with Crippen LogP contribution in [0.5, 0.6) is 17.2 Å². The number of likely N-dealkylation sites (N-methyl/N-ethyl adjacent to an activating group) is 1. The first-order valence-electron chi connectivity index (χ1n) is 7.27. The van der Waals surface area contributed by atoms with E-state index in [1.54, 1.807) is 18.0 Å². The van der Waals surface area contributed by atoms with Crippen molar-refractivity contribution in [3.8, 4) is 17.2 Å². The molecule has 0 aliphatic carbocycles. The molecular weight excluding hydrogens is 315 g/mol. The summed E-state index contributed by atoms with van der Waals surface area (Å²) < 4.78 is 54.5. The van der Waals surface area contributed by atoms with E-state index < -0.39 is 24.7 Å². The summed E-state index contributed by atoms with van der Waals surface area (Å²) in [6.07, 6.45) is -6.83. The van der Waals surface area contributed by atoms with Gasteiger partial charge in [0.25, 0.3) is 0 Å². The molecule has 2 aliphatic rings. The van der Waals surface area contributed by atoms with Crippen molar-refractivity contribution in [3.05, 3.63) is 17.2 Å². The van der Waals surface area contributed by atoms with E-state index in [1.807, 2.05) is 0 Å². The van der Waals surface area contributed by atoms with Gasteiger partial charge in [0, 0.05) is 24.6 Å². The third kappa shape index (κ3) is 2.81. The van der Waals surface area contributed by atoms with Gasteiger partial charge >= 0.3 is 6.18 Å². The van der Waals surface area contributed by atoms with E-state index in [9.17, 15) is 18.3 Å². The summed E-state index contributed by atoms with van der Waals surface area (Å²) in [5.74, 6) is 1.34. The number of benzene rings is 1. The highest BCUT2D eigenvalue weighted by atomic mass is 19.4. The van der Waals surface area contributed by atoms with Crippen LogP contribution in [-0.4, -0.2) is 49.8 Å². The van der Waals surface area contributed by atoms with Crippen LogP contribution in [0, 0.1) is 0 Å². The van der Waals surface area contributed by atoms with Crippen LogP contribution in [0.2, 0.25) is 0 Å². The third-order valence-electron chi connectivity index (χ3n) is 4.37. The number of hydrogen-bond acceptors (Lipinski definition) is 5. The molecule has 128 valence electrons. The summed E-state index contributed by atoms with van der Waals surface area (Å²) >= 11 is 0. The number of rotatable bonds is 3. The van der Waals surface area contributed by atoms with Crippen molar-refractivity contribution in [1.82, 2.24) is 4.90 Å². The molecule has 2 heterocycles. The Morgan fingerprint density at radius 1 is 1.43 bits per heavy atom. The molecule has 3 rings (SSSR count). The average molecular weight is 333 g/mol. The highest BCUT2D eigenvalue weighted by Gasteiger charge is 2.43. The lowest BCUT2D eigenvalue weighted by atomic mass is 9.88. The van der Waals surface area contributed by atoms with Gasteiger partial charge in [0.2, 0.25) is 12.5 Å². The van der Waals surface area contributed by atoms with Crippen molar-refractivity contribution >= 4 is 0 Å². The Kier molecular flexibility index (Phi) is 4.05. The number of fused-ring (bicyclic) bond motifs is 2. The second-order valence-corrected chi connectivity index (χ2v) is 5.76. The van der Waals surface area contributed by atoms with Gasteiger partial charge < -0.3 is 19.3 Å². The van der Waals surface area contributed by atoms with Crippen molar-refractivity contribution in [1.29, 1.82) is 0 Å². The monoisotopic (exact) mass is 333 g/mol. The number of alkyl halides is 3. The SMILES string of the molecule is COc1c2c(cc3c1[C@H](C[C@H](O)C(F)(F)F)N(C)CC3)OCO2. The fourth-order valence-corrected chi connectivity index (χ4v) is 3.17. The Morgan fingerprint density at radius 2 is 2.17 bits per heavy atom. The van der Waals surface area contributed by atoms with Crippen molar-refractivity contribution in [3.63, 3.8) is 0 Å². The number of aliphatic hydroxyl groups is 1. The maximum Gasteiger partial charge on any atom is 0.414 e. The molecule has 0 amide bonds. The Morgan fingerprint density at radius 3 is 2.83 bits per heavy atom. The first kappa shape index (κ1) is 16.2. The maximum absolute atomic E-state index is 12.8. The third-order valence-corrected chi connectivity index (χ3v) is 4.37. The summed E-state index contributed by atoms with van der Waals surface area (Å²) in [5.41, 5.74) is 1.50. The number of hydrogen-bond donors (Lipinski definition) is 1. The first-order valence-corrected chi connectivity index (χ1v) is 7.27. The predicted molar refractivity (Wildman–Crippen MR) is 74.9 cm³/mol. The standard InChI is InChI=1S/C15H18F3NO4/c1-19-4-3-8-5-10-13(23-7-22-10)14(21-2)12(8)9(19)6-11(20)15(16,17)18/h5,9,11,20H,3-4,6-7H2,1-2H3/t9-,11-/m0/s1. The molecule has 0 saturated heterocycles. The molecule has 0 unspecified atom stereocenters. The van der Waals surface area contributed by atoms with Gasteiger partial charge in [0.1, 0.15) is 0 Å². The van der Waals surface area contributed by atoms with E-state index in [1.165, 1.54) is 7.11 Å². The van der Waals surface area contributed by atoms with E-state index in [4.69, 9.17) is 14.2 Å². The van der Waals surface area contributed by atoms with Crippen LogP contribution in [0.4, 0.5) is 13.2 Å². The quantitative estimate of drug-likeness (QED) is 0.920. The molecule has 0 fully saturated rings. The molecular formula is C15H18F3NO4. The Labute approximate surface area is 131 Å². The highest BCUT2D eigenvalue weighted by Crippen LogP contribution is 2.50. The number of halogens is 3. The fraction of sp³-hybridized carbons (Fsp3) is 0.600. The van der Waals surface area contributed by atoms with E-state index in [2.05, 4.69) is 0 Å². The Balaban J connectivity index is 2.04. The summed E-state index contributed by atoms with van der Waals surface area (Å²) in [6.45, 7) is 0.644. The van der Waals surface area contributed by atoms with E-state index >= 15 is 0 Å². The second kappa shape index (κ2) is 5.76. The molecule has 1 aromatic rings. The van der Waals surface area contributed by atoms with Crippen molar-refractivity contribution < 1.29 is 32.5 Å². The molecule has 0 saturated carbocycles. The summed E-state index contributed by atoms with van der Waals surface area (Å²) in [4.78, 5) is 1.79. The van der Waals surface area contributed by atoms with E-state index in [0.717, 1.165) is 5.56 Å². The molecule has 2 aliphatic heterocycles. The van der Waals surface area contributed by atoms with Crippen molar-refractivity contribution in [2.45, 2.75) is 31.2 Å². The van der Waals surface area contributed by atoms with Crippen LogP contribution in [0.15, 0.2) is 6.07 Å². The molecule has 1 N–H and O–H groups in total. The zero-order valence-corrected chi connectivity index (χ0v) is 12.8. The molecule has 2 atom stereocenters. The van der Waals surface area contributed by atoms with Gasteiger partial charge in [-0.1, -0.05) is 0 Å². The molecule has 8 heteroatoms. The molecule has 0 radical (unpaired) electrons. The zero-order chi connectivity index (χ0) is 16.8.